The van der Waals surface area contributed by atoms with Crippen LogP contribution >= 0.6 is 0 Å². The predicted molar refractivity (Wildman–Crippen MR) is 70.3 cm³/mol. The molecule has 1 rings (SSSR count). The lowest BCUT2D eigenvalue weighted by Gasteiger charge is -2.24. The summed E-state index contributed by atoms with van der Waals surface area (Å²) in [5.41, 5.74) is 0.659. The van der Waals surface area contributed by atoms with Gasteiger partial charge in [0, 0.05) is 45.3 Å². The van der Waals surface area contributed by atoms with Gasteiger partial charge in [-0.15, -0.1) is 0 Å². The first-order valence-corrected chi connectivity index (χ1v) is 6.22. The second-order valence-electron chi connectivity index (χ2n) is 4.37. The van der Waals surface area contributed by atoms with E-state index in [-0.39, 0.29) is 0 Å². The Kier molecular flexibility index (Phi) is 6.18. The normalized spacial score (nSPS) is 14.4. The van der Waals surface area contributed by atoms with Crippen molar-refractivity contribution in [3.05, 3.63) is 23.8 Å². The largest absolute Gasteiger partial charge is 0.383 e. The molecular weight excluding hydrogens is 230 g/mol. The highest BCUT2D eigenvalue weighted by Gasteiger charge is 2.26. The van der Waals surface area contributed by atoms with Crippen LogP contribution in [0.4, 0.5) is 0 Å². The number of methoxy groups -OCH3 is 2. The van der Waals surface area contributed by atoms with Crippen molar-refractivity contribution in [3.63, 3.8) is 0 Å². The minimum absolute atomic E-state index is 0.401. The number of hydrogen-bond donors (Lipinski definition) is 1. The minimum atomic E-state index is -0.401. The smallest absolute Gasteiger partial charge is 0.159 e. The van der Waals surface area contributed by atoms with Crippen LogP contribution in [0.1, 0.15) is 31.7 Å². The average molecular weight is 253 g/mol. The maximum atomic E-state index is 5.47. The first-order valence-electron chi connectivity index (χ1n) is 6.22. The molecule has 0 bridgehead atoms. The quantitative estimate of drug-likeness (QED) is 0.711. The van der Waals surface area contributed by atoms with Crippen LogP contribution < -0.4 is 5.32 Å². The van der Waals surface area contributed by atoms with E-state index in [4.69, 9.17) is 9.47 Å². The summed E-state index contributed by atoms with van der Waals surface area (Å²) in [6.45, 7) is 6.34. The van der Waals surface area contributed by atoms with Crippen LogP contribution in [0, 0.1) is 0 Å². The van der Waals surface area contributed by atoms with Gasteiger partial charge < -0.3 is 14.8 Å². The Morgan fingerprint density at radius 3 is 2.44 bits per heavy atom. The monoisotopic (exact) mass is 253 g/mol. The molecule has 1 N–H and O–H groups in total. The van der Waals surface area contributed by atoms with E-state index in [0.717, 1.165) is 30.9 Å². The van der Waals surface area contributed by atoms with Gasteiger partial charge in [-0.3, -0.25) is 0 Å². The molecule has 1 unspecified atom stereocenters. The number of nitrogens with one attached hydrogen (secondary N) is 1. The van der Waals surface area contributed by atoms with E-state index in [1.54, 1.807) is 14.2 Å². The summed E-state index contributed by atoms with van der Waals surface area (Å²) >= 11 is 0. The fourth-order valence-electron chi connectivity index (χ4n) is 1.52. The highest BCUT2D eigenvalue weighted by molar-refractivity contribution is 5.08. The van der Waals surface area contributed by atoms with Crippen molar-refractivity contribution < 1.29 is 9.47 Å². The molecule has 0 fully saturated rings. The summed E-state index contributed by atoms with van der Waals surface area (Å²) in [7, 11) is 3.38. The third kappa shape index (κ3) is 4.01. The third-order valence-electron chi connectivity index (χ3n) is 3.12. The molecular formula is C13H23N3O2. The standard InChI is InChI=1S/C13H23N3O2/c1-5-13(2,18-4)12-15-9-11(10-16-12)8-14-6-7-17-3/h9-10,14H,5-8H2,1-4H3. The fraction of sp³-hybridized carbons (Fsp3) is 0.692. The van der Waals surface area contributed by atoms with E-state index in [1.165, 1.54) is 0 Å². The average Bonchev–Trinajstić information content (AvgIpc) is 2.43. The van der Waals surface area contributed by atoms with Crippen molar-refractivity contribution >= 4 is 0 Å². The summed E-state index contributed by atoms with van der Waals surface area (Å²) in [6.07, 6.45) is 4.53. The van der Waals surface area contributed by atoms with Gasteiger partial charge >= 0.3 is 0 Å². The molecule has 5 heteroatoms. The van der Waals surface area contributed by atoms with Crippen LogP contribution in [0.25, 0.3) is 0 Å². The van der Waals surface area contributed by atoms with Crippen LogP contribution in [-0.2, 0) is 21.6 Å². The van der Waals surface area contributed by atoms with Crippen LogP contribution in [0.3, 0.4) is 0 Å². The number of rotatable bonds is 8. The SMILES string of the molecule is CCC(C)(OC)c1ncc(CNCCOC)cn1. The molecule has 18 heavy (non-hydrogen) atoms. The van der Waals surface area contributed by atoms with Crippen molar-refractivity contribution in [2.45, 2.75) is 32.4 Å². The van der Waals surface area contributed by atoms with E-state index in [1.807, 2.05) is 19.3 Å². The van der Waals surface area contributed by atoms with Crippen molar-refractivity contribution in [2.24, 2.45) is 0 Å². The van der Waals surface area contributed by atoms with Crippen LogP contribution in [-0.4, -0.2) is 37.3 Å². The Balaban J connectivity index is 2.57. The Bertz CT molecular complexity index is 337. The van der Waals surface area contributed by atoms with E-state index >= 15 is 0 Å². The molecule has 1 aromatic rings. The van der Waals surface area contributed by atoms with Gasteiger partial charge in [0.05, 0.1) is 6.61 Å². The molecule has 0 spiro atoms. The van der Waals surface area contributed by atoms with Crippen LogP contribution in [0.5, 0.6) is 0 Å². The highest BCUT2D eigenvalue weighted by atomic mass is 16.5. The second kappa shape index (κ2) is 7.41. The number of ether oxygens (including phenoxy) is 2. The summed E-state index contributed by atoms with van der Waals surface area (Å²) in [6, 6.07) is 0. The Hall–Kier alpha value is -1.04. The first kappa shape index (κ1) is 15.0. The fourth-order valence-corrected chi connectivity index (χ4v) is 1.52. The zero-order valence-electron chi connectivity index (χ0n) is 11.7. The molecule has 0 saturated heterocycles. The zero-order valence-corrected chi connectivity index (χ0v) is 11.7. The molecule has 1 aromatic heterocycles. The summed E-state index contributed by atoms with van der Waals surface area (Å²) in [4.78, 5) is 8.77. The molecule has 0 aromatic carbocycles. The molecule has 0 aliphatic heterocycles. The van der Waals surface area contributed by atoms with E-state index < -0.39 is 5.60 Å². The van der Waals surface area contributed by atoms with Gasteiger partial charge in [0.25, 0.3) is 0 Å². The van der Waals surface area contributed by atoms with E-state index in [2.05, 4.69) is 22.2 Å². The third-order valence-corrected chi connectivity index (χ3v) is 3.12. The maximum absolute atomic E-state index is 5.47. The lowest BCUT2D eigenvalue weighted by atomic mass is 10.0. The maximum Gasteiger partial charge on any atom is 0.159 e. The van der Waals surface area contributed by atoms with Gasteiger partial charge in [-0.1, -0.05) is 6.92 Å². The number of hydrogen-bond acceptors (Lipinski definition) is 5. The van der Waals surface area contributed by atoms with E-state index in [0.29, 0.717) is 6.61 Å². The van der Waals surface area contributed by atoms with Gasteiger partial charge in [0.15, 0.2) is 5.82 Å². The summed E-state index contributed by atoms with van der Waals surface area (Å²) in [5, 5.41) is 3.25. The number of aromatic nitrogens is 2. The molecule has 0 aliphatic carbocycles. The lowest BCUT2D eigenvalue weighted by molar-refractivity contribution is -0.00903. The second-order valence-corrected chi connectivity index (χ2v) is 4.37. The lowest BCUT2D eigenvalue weighted by Crippen LogP contribution is -2.26. The molecule has 1 atom stereocenters. The molecule has 0 amide bonds. The Morgan fingerprint density at radius 1 is 1.28 bits per heavy atom. The van der Waals surface area contributed by atoms with E-state index in [9.17, 15) is 0 Å². The minimum Gasteiger partial charge on any atom is -0.383 e. The number of nitrogens with zero attached hydrogens (tertiary/aromatic N) is 2. The highest BCUT2D eigenvalue weighted by Crippen LogP contribution is 2.24. The molecule has 0 radical (unpaired) electrons. The summed E-state index contributed by atoms with van der Waals surface area (Å²) in [5.74, 6) is 0.730. The molecule has 5 nitrogen and oxygen atoms in total. The van der Waals surface area contributed by atoms with Gasteiger partial charge in [-0.2, -0.15) is 0 Å². The molecule has 0 saturated carbocycles. The predicted octanol–water partition coefficient (Wildman–Crippen LogP) is 1.48. The molecule has 0 aliphatic rings. The van der Waals surface area contributed by atoms with Crippen molar-refractivity contribution in [1.29, 1.82) is 0 Å². The molecule has 1 heterocycles. The van der Waals surface area contributed by atoms with Crippen LogP contribution in [0.15, 0.2) is 12.4 Å². The van der Waals surface area contributed by atoms with Gasteiger partial charge in [0.1, 0.15) is 5.60 Å². The van der Waals surface area contributed by atoms with Gasteiger partial charge in [-0.05, 0) is 13.3 Å². The van der Waals surface area contributed by atoms with Crippen molar-refractivity contribution in [3.8, 4) is 0 Å². The van der Waals surface area contributed by atoms with Gasteiger partial charge in [-0.25, -0.2) is 9.97 Å². The van der Waals surface area contributed by atoms with Gasteiger partial charge in [0.2, 0.25) is 0 Å². The molecule has 102 valence electrons. The van der Waals surface area contributed by atoms with Crippen LogP contribution in [0.2, 0.25) is 0 Å². The summed E-state index contributed by atoms with van der Waals surface area (Å²) < 4.78 is 10.4. The Morgan fingerprint density at radius 2 is 1.94 bits per heavy atom. The zero-order chi connectivity index (χ0) is 13.4. The van der Waals surface area contributed by atoms with Crippen molar-refractivity contribution in [2.75, 3.05) is 27.4 Å². The van der Waals surface area contributed by atoms with Crippen molar-refractivity contribution in [1.82, 2.24) is 15.3 Å². The Labute approximate surface area is 109 Å². The topological polar surface area (TPSA) is 56.3 Å². The first-order chi connectivity index (χ1) is 8.66.